The monoisotopic (exact) mass is 293 g/mol. The third-order valence-corrected chi connectivity index (χ3v) is 4.16. The Morgan fingerprint density at radius 1 is 1.20 bits per heavy atom. The fourth-order valence-electron chi connectivity index (χ4n) is 1.97. The predicted molar refractivity (Wildman–Crippen MR) is 75.0 cm³/mol. The van der Waals surface area contributed by atoms with Gasteiger partial charge in [0.25, 0.3) is 0 Å². The second kappa shape index (κ2) is 5.13. The van der Waals surface area contributed by atoms with Gasteiger partial charge in [0.2, 0.25) is 0 Å². The number of hydrogen-bond acceptors (Lipinski definition) is 4. The smallest absolute Gasteiger partial charge is 0.338 e. The molecule has 2 rings (SSSR count). The van der Waals surface area contributed by atoms with Gasteiger partial charge in [-0.1, -0.05) is 0 Å². The average Bonchev–Trinajstić information content (AvgIpc) is 2.90. The van der Waals surface area contributed by atoms with E-state index in [2.05, 4.69) is 0 Å². The number of carbonyl (C=O) groups excluding carboxylic acids is 1. The first-order valence-corrected chi connectivity index (χ1v) is 7.80. The van der Waals surface area contributed by atoms with Crippen LogP contribution in [0.25, 0.3) is 5.69 Å². The second-order valence-electron chi connectivity index (χ2n) is 4.47. The number of esters is 1. The molecule has 0 aliphatic rings. The standard InChI is InChI=1S/C14H15NO4S/c1-10-12(14(16)19-2)8-11(20(3,17)18)9-13(10)15-6-4-5-7-15/h4-9H,1-3H3. The number of aromatic nitrogens is 1. The van der Waals surface area contributed by atoms with Crippen molar-refractivity contribution in [2.75, 3.05) is 13.4 Å². The molecular weight excluding hydrogens is 278 g/mol. The molecule has 0 N–H and O–H groups in total. The summed E-state index contributed by atoms with van der Waals surface area (Å²) in [4.78, 5) is 11.9. The van der Waals surface area contributed by atoms with Crippen LogP contribution in [0.4, 0.5) is 0 Å². The molecule has 1 aromatic carbocycles. The van der Waals surface area contributed by atoms with Crippen molar-refractivity contribution in [1.82, 2.24) is 4.57 Å². The van der Waals surface area contributed by atoms with Crippen molar-refractivity contribution >= 4 is 15.8 Å². The molecule has 2 aromatic rings. The van der Waals surface area contributed by atoms with Gasteiger partial charge >= 0.3 is 5.97 Å². The quantitative estimate of drug-likeness (QED) is 0.812. The van der Waals surface area contributed by atoms with Gasteiger partial charge < -0.3 is 9.30 Å². The highest BCUT2D eigenvalue weighted by atomic mass is 32.2. The summed E-state index contributed by atoms with van der Waals surface area (Å²) < 4.78 is 30.0. The van der Waals surface area contributed by atoms with E-state index in [9.17, 15) is 13.2 Å². The SMILES string of the molecule is COC(=O)c1cc(S(C)(=O)=O)cc(-n2cccc2)c1C. The second-order valence-corrected chi connectivity index (χ2v) is 6.48. The topological polar surface area (TPSA) is 65.4 Å². The van der Waals surface area contributed by atoms with Crippen LogP contribution in [0.15, 0.2) is 41.6 Å². The van der Waals surface area contributed by atoms with Crippen molar-refractivity contribution in [2.24, 2.45) is 0 Å². The molecule has 106 valence electrons. The molecule has 0 spiro atoms. The van der Waals surface area contributed by atoms with E-state index in [-0.39, 0.29) is 10.5 Å². The van der Waals surface area contributed by atoms with Gasteiger partial charge in [-0.3, -0.25) is 0 Å². The predicted octanol–water partition coefficient (Wildman–Crippen LogP) is 1.98. The molecule has 1 aromatic heterocycles. The van der Waals surface area contributed by atoms with E-state index in [4.69, 9.17) is 4.74 Å². The molecule has 0 saturated heterocycles. The van der Waals surface area contributed by atoms with Crippen LogP contribution >= 0.6 is 0 Å². The van der Waals surface area contributed by atoms with Crippen LogP contribution in [0.2, 0.25) is 0 Å². The summed E-state index contributed by atoms with van der Waals surface area (Å²) in [6.07, 6.45) is 4.68. The van der Waals surface area contributed by atoms with Gasteiger partial charge in [-0.05, 0) is 36.8 Å². The Bertz CT molecular complexity index is 746. The van der Waals surface area contributed by atoms with Crippen molar-refractivity contribution in [2.45, 2.75) is 11.8 Å². The summed E-state index contributed by atoms with van der Waals surface area (Å²) in [5.74, 6) is -0.554. The highest BCUT2D eigenvalue weighted by Gasteiger charge is 2.19. The Hall–Kier alpha value is -2.08. The Morgan fingerprint density at radius 3 is 2.30 bits per heavy atom. The number of sulfone groups is 1. The number of methoxy groups -OCH3 is 1. The average molecular weight is 293 g/mol. The largest absolute Gasteiger partial charge is 0.465 e. The fraction of sp³-hybridized carbons (Fsp3) is 0.214. The lowest BCUT2D eigenvalue weighted by atomic mass is 10.1. The van der Waals surface area contributed by atoms with E-state index in [1.807, 2.05) is 12.1 Å². The van der Waals surface area contributed by atoms with Crippen LogP contribution in [0.1, 0.15) is 15.9 Å². The van der Waals surface area contributed by atoms with E-state index >= 15 is 0 Å². The van der Waals surface area contributed by atoms with Crippen LogP contribution in [0, 0.1) is 6.92 Å². The van der Waals surface area contributed by atoms with Gasteiger partial charge in [-0.2, -0.15) is 0 Å². The maximum atomic E-state index is 11.8. The number of rotatable bonds is 3. The van der Waals surface area contributed by atoms with E-state index in [1.54, 1.807) is 30.0 Å². The molecule has 0 radical (unpaired) electrons. The fourth-order valence-corrected chi connectivity index (χ4v) is 2.63. The lowest BCUT2D eigenvalue weighted by Gasteiger charge is -2.13. The minimum atomic E-state index is -3.42. The number of ether oxygens (including phenoxy) is 1. The van der Waals surface area contributed by atoms with Crippen LogP contribution in [-0.2, 0) is 14.6 Å². The molecular formula is C14H15NO4S. The number of carbonyl (C=O) groups is 1. The molecule has 0 amide bonds. The van der Waals surface area contributed by atoms with E-state index in [0.29, 0.717) is 11.3 Å². The zero-order chi connectivity index (χ0) is 14.9. The van der Waals surface area contributed by atoms with Crippen LogP contribution in [-0.4, -0.2) is 32.3 Å². The van der Waals surface area contributed by atoms with Crippen LogP contribution < -0.4 is 0 Å². The molecule has 5 nitrogen and oxygen atoms in total. The van der Waals surface area contributed by atoms with Crippen molar-refractivity contribution in [1.29, 1.82) is 0 Å². The highest BCUT2D eigenvalue weighted by Crippen LogP contribution is 2.24. The summed E-state index contributed by atoms with van der Waals surface area (Å²) in [6.45, 7) is 1.76. The third-order valence-electron chi connectivity index (χ3n) is 3.07. The Morgan fingerprint density at radius 2 is 1.80 bits per heavy atom. The molecule has 20 heavy (non-hydrogen) atoms. The molecule has 0 saturated carbocycles. The Balaban J connectivity index is 2.77. The maximum absolute atomic E-state index is 11.8. The minimum Gasteiger partial charge on any atom is -0.465 e. The summed E-state index contributed by atoms with van der Waals surface area (Å²) in [5, 5.41) is 0. The zero-order valence-corrected chi connectivity index (χ0v) is 12.3. The van der Waals surface area contributed by atoms with E-state index in [1.165, 1.54) is 13.2 Å². The number of hydrogen-bond donors (Lipinski definition) is 0. The van der Waals surface area contributed by atoms with Crippen LogP contribution in [0.3, 0.4) is 0 Å². The van der Waals surface area contributed by atoms with Gasteiger partial charge in [0.1, 0.15) is 0 Å². The van der Waals surface area contributed by atoms with Crippen LogP contribution in [0.5, 0.6) is 0 Å². The summed E-state index contributed by atoms with van der Waals surface area (Å²) in [5.41, 5.74) is 1.55. The maximum Gasteiger partial charge on any atom is 0.338 e. The summed E-state index contributed by atoms with van der Waals surface area (Å²) >= 11 is 0. The van der Waals surface area contributed by atoms with Crippen molar-refractivity contribution in [3.05, 3.63) is 47.8 Å². The summed E-state index contributed by atoms with van der Waals surface area (Å²) in [7, 11) is -2.15. The van der Waals surface area contributed by atoms with Gasteiger partial charge in [0, 0.05) is 24.3 Å². The zero-order valence-electron chi connectivity index (χ0n) is 11.5. The van der Waals surface area contributed by atoms with Crippen molar-refractivity contribution < 1.29 is 17.9 Å². The lowest BCUT2D eigenvalue weighted by molar-refractivity contribution is 0.0599. The van der Waals surface area contributed by atoms with Gasteiger partial charge in [-0.15, -0.1) is 0 Å². The third kappa shape index (κ3) is 2.60. The summed E-state index contributed by atoms with van der Waals surface area (Å²) in [6, 6.07) is 6.55. The Kier molecular flexibility index (Phi) is 3.67. The number of nitrogens with zero attached hydrogens (tertiary/aromatic N) is 1. The van der Waals surface area contributed by atoms with Gasteiger partial charge in [-0.25, -0.2) is 13.2 Å². The molecule has 6 heteroatoms. The molecule has 0 unspecified atom stereocenters. The molecule has 1 heterocycles. The molecule has 0 atom stereocenters. The number of benzene rings is 1. The van der Waals surface area contributed by atoms with E-state index < -0.39 is 15.8 Å². The molecule has 0 aliphatic heterocycles. The minimum absolute atomic E-state index is 0.0900. The van der Waals surface area contributed by atoms with E-state index in [0.717, 1.165) is 6.26 Å². The van der Waals surface area contributed by atoms with Gasteiger partial charge in [0.05, 0.1) is 17.6 Å². The molecule has 0 aliphatic carbocycles. The van der Waals surface area contributed by atoms with Crippen molar-refractivity contribution in [3.63, 3.8) is 0 Å². The first kappa shape index (κ1) is 14.3. The normalized spacial score (nSPS) is 11.3. The first-order chi connectivity index (χ1) is 9.34. The Labute approximate surface area is 117 Å². The first-order valence-electron chi connectivity index (χ1n) is 5.91. The molecule has 0 fully saturated rings. The van der Waals surface area contributed by atoms with Crippen molar-refractivity contribution in [3.8, 4) is 5.69 Å². The highest BCUT2D eigenvalue weighted by molar-refractivity contribution is 7.90. The lowest BCUT2D eigenvalue weighted by Crippen LogP contribution is -2.10. The van der Waals surface area contributed by atoms with Gasteiger partial charge in [0.15, 0.2) is 9.84 Å². The molecule has 0 bridgehead atoms.